The lowest BCUT2D eigenvalue weighted by Crippen LogP contribution is -2.30. The maximum absolute atomic E-state index is 13.2. The molecule has 0 unspecified atom stereocenters. The fourth-order valence-electron chi connectivity index (χ4n) is 3.92. The van der Waals surface area contributed by atoms with E-state index in [2.05, 4.69) is 17.1 Å². The van der Waals surface area contributed by atoms with Gasteiger partial charge in [0.25, 0.3) is 15.9 Å². The Hall–Kier alpha value is -3.23. The first kappa shape index (κ1) is 22.9. The topological polar surface area (TPSA) is 71.7 Å². The van der Waals surface area contributed by atoms with Crippen LogP contribution in [0.5, 0.6) is 0 Å². The van der Waals surface area contributed by atoms with Gasteiger partial charge in [-0.05, 0) is 74.4 Å². The van der Waals surface area contributed by atoms with Crippen molar-refractivity contribution < 1.29 is 13.2 Å². The highest BCUT2D eigenvalue weighted by atomic mass is 32.2. The van der Waals surface area contributed by atoms with Crippen molar-refractivity contribution in [3.8, 4) is 0 Å². The molecule has 0 spiro atoms. The van der Waals surface area contributed by atoms with E-state index in [0.29, 0.717) is 22.6 Å². The van der Waals surface area contributed by atoms with Crippen LogP contribution >= 0.6 is 11.3 Å². The van der Waals surface area contributed by atoms with Gasteiger partial charge < -0.3 is 4.57 Å². The van der Waals surface area contributed by atoms with E-state index >= 15 is 0 Å². The monoisotopic (exact) mass is 479 g/mol. The van der Waals surface area contributed by atoms with E-state index in [1.165, 1.54) is 39.9 Å². The van der Waals surface area contributed by atoms with Crippen LogP contribution in [-0.2, 0) is 17.1 Å². The molecule has 1 heterocycles. The highest BCUT2D eigenvalue weighted by molar-refractivity contribution is 7.92. The van der Waals surface area contributed by atoms with Crippen LogP contribution in [0.25, 0.3) is 10.2 Å². The summed E-state index contributed by atoms with van der Waals surface area (Å²) < 4.78 is 30.6. The Bertz CT molecular complexity index is 1500. The van der Waals surface area contributed by atoms with Crippen molar-refractivity contribution in [2.75, 3.05) is 10.8 Å². The van der Waals surface area contributed by atoms with Crippen LogP contribution < -0.4 is 9.11 Å². The van der Waals surface area contributed by atoms with Gasteiger partial charge in [-0.2, -0.15) is 4.99 Å². The summed E-state index contributed by atoms with van der Waals surface area (Å²) in [5, 5.41) is 0. The molecule has 0 fully saturated rings. The summed E-state index contributed by atoms with van der Waals surface area (Å²) in [7, 11) is -1.85. The summed E-state index contributed by atoms with van der Waals surface area (Å²) in [6.07, 6.45) is 0. The fourth-order valence-corrected chi connectivity index (χ4v) is 6.59. The summed E-state index contributed by atoms with van der Waals surface area (Å²) in [4.78, 5) is 17.9. The van der Waals surface area contributed by atoms with Crippen molar-refractivity contribution in [3.05, 3.63) is 88.2 Å². The molecule has 0 aliphatic heterocycles. The Morgan fingerprint density at radius 2 is 1.70 bits per heavy atom. The van der Waals surface area contributed by atoms with Gasteiger partial charge >= 0.3 is 0 Å². The number of para-hydroxylation sites is 1. The number of fused-ring (bicyclic) bond motifs is 1. The molecular formula is C25H25N3O3S2. The maximum Gasteiger partial charge on any atom is 0.279 e. The summed E-state index contributed by atoms with van der Waals surface area (Å²) >= 11 is 1.46. The molecule has 3 aromatic carbocycles. The number of sulfonamides is 1. The smallest absolute Gasteiger partial charge is 0.279 e. The molecule has 0 aliphatic carbocycles. The SMILES string of the molecule is CCN(c1ccccc1)S(=O)(=O)c1ccc(C(=O)N=c2sc3cc(C)cc(C)c3n2C)cc1. The van der Waals surface area contributed by atoms with Gasteiger partial charge in [-0.25, -0.2) is 8.42 Å². The summed E-state index contributed by atoms with van der Waals surface area (Å²) in [5.41, 5.74) is 4.28. The Morgan fingerprint density at radius 3 is 2.33 bits per heavy atom. The Morgan fingerprint density at radius 1 is 1.03 bits per heavy atom. The number of carbonyl (C=O) groups excluding carboxylic acids is 1. The van der Waals surface area contributed by atoms with Crippen molar-refractivity contribution in [1.29, 1.82) is 0 Å². The lowest BCUT2D eigenvalue weighted by molar-refractivity contribution is 0.0998. The second kappa shape index (κ2) is 8.96. The number of anilines is 1. The molecule has 8 heteroatoms. The minimum atomic E-state index is -3.75. The number of carbonyl (C=O) groups is 1. The maximum atomic E-state index is 13.2. The molecule has 4 aromatic rings. The fraction of sp³-hybridized carbons (Fsp3) is 0.200. The molecule has 1 aromatic heterocycles. The first-order valence-corrected chi connectivity index (χ1v) is 12.8. The van der Waals surface area contributed by atoms with Gasteiger partial charge in [-0.1, -0.05) is 35.6 Å². The third-order valence-corrected chi connectivity index (χ3v) is 8.45. The molecule has 4 rings (SSSR count). The first-order chi connectivity index (χ1) is 15.7. The lowest BCUT2D eigenvalue weighted by atomic mass is 10.1. The number of amides is 1. The number of thiazole rings is 1. The Balaban J connectivity index is 1.66. The molecule has 6 nitrogen and oxygen atoms in total. The van der Waals surface area contributed by atoms with Crippen LogP contribution in [-0.4, -0.2) is 25.4 Å². The zero-order valence-electron chi connectivity index (χ0n) is 18.9. The predicted octanol–water partition coefficient (Wildman–Crippen LogP) is 4.81. The zero-order chi connectivity index (χ0) is 23.8. The van der Waals surface area contributed by atoms with Gasteiger partial charge in [0.15, 0.2) is 4.80 Å². The van der Waals surface area contributed by atoms with E-state index in [4.69, 9.17) is 0 Å². The molecule has 170 valence electrons. The van der Waals surface area contributed by atoms with Crippen LogP contribution in [0.1, 0.15) is 28.4 Å². The zero-order valence-corrected chi connectivity index (χ0v) is 20.6. The summed E-state index contributed by atoms with van der Waals surface area (Å²) in [6.45, 7) is 6.17. The number of rotatable bonds is 5. The number of nitrogens with zero attached hydrogens (tertiary/aromatic N) is 3. The lowest BCUT2D eigenvalue weighted by Gasteiger charge is -2.22. The van der Waals surface area contributed by atoms with Crippen molar-refractivity contribution in [2.45, 2.75) is 25.7 Å². The molecule has 0 aliphatic rings. The van der Waals surface area contributed by atoms with E-state index in [1.807, 2.05) is 31.5 Å². The average Bonchev–Trinajstić information content (AvgIpc) is 3.09. The van der Waals surface area contributed by atoms with E-state index < -0.39 is 15.9 Å². The van der Waals surface area contributed by atoms with Gasteiger partial charge in [0.05, 0.1) is 20.8 Å². The number of hydrogen-bond donors (Lipinski definition) is 0. The minimum absolute atomic E-state index is 0.128. The van der Waals surface area contributed by atoms with Crippen LogP contribution in [0.3, 0.4) is 0 Å². The summed E-state index contributed by atoms with van der Waals surface area (Å²) in [6, 6.07) is 19.1. The van der Waals surface area contributed by atoms with E-state index in [-0.39, 0.29) is 4.90 Å². The molecule has 0 atom stereocenters. The van der Waals surface area contributed by atoms with Crippen molar-refractivity contribution in [2.24, 2.45) is 12.0 Å². The van der Waals surface area contributed by atoms with Gasteiger partial charge in [0, 0.05) is 19.2 Å². The standard InChI is InChI=1S/C25H25N3O3S2/c1-5-28(20-9-7-6-8-10-20)33(30,31)21-13-11-19(12-14-21)24(29)26-25-27(4)23-18(3)15-17(2)16-22(23)32-25/h6-16H,5H2,1-4H3. The van der Waals surface area contributed by atoms with Crippen molar-refractivity contribution >= 4 is 43.2 Å². The molecule has 0 saturated carbocycles. The number of hydrogen-bond acceptors (Lipinski definition) is 4. The Kier molecular flexibility index (Phi) is 6.23. The van der Waals surface area contributed by atoms with Gasteiger partial charge in [-0.3, -0.25) is 9.10 Å². The molecule has 0 saturated heterocycles. The molecule has 1 amide bonds. The molecular weight excluding hydrogens is 454 g/mol. The average molecular weight is 480 g/mol. The normalized spacial score (nSPS) is 12.3. The van der Waals surface area contributed by atoms with Crippen LogP contribution in [0, 0.1) is 13.8 Å². The third kappa shape index (κ3) is 4.36. The van der Waals surface area contributed by atoms with E-state index in [1.54, 1.807) is 31.2 Å². The van der Waals surface area contributed by atoms with Gasteiger partial charge in [0.2, 0.25) is 0 Å². The van der Waals surface area contributed by atoms with Crippen LogP contribution in [0.2, 0.25) is 0 Å². The van der Waals surface area contributed by atoms with Crippen molar-refractivity contribution in [3.63, 3.8) is 0 Å². The molecule has 0 N–H and O–H groups in total. The number of aryl methyl sites for hydroxylation is 3. The van der Waals surface area contributed by atoms with Gasteiger partial charge in [0.1, 0.15) is 0 Å². The molecule has 0 bridgehead atoms. The molecule has 33 heavy (non-hydrogen) atoms. The highest BCUT2D eigenvalue weighted by Gasteiger charge is 2.23. The largest absolute Gasteiger partial charge is 0.319 e. The number of benzene rings is 3. The predicted molar refractivity (Wildman–Crippen MR) is 133 cm³/mol. The molecule has 0 radical (unpaired) electrons. The van der Waals surface area contributed by atoms with E-state index in [0.717, 1.165) is 21.3 Å². The number of aromatic nitrogens is 1. The second-order valence-electron chi connectivity index (χ2n) is 7.82. The Labute approximate surface area is 197 Å². The highest BCUT2D eigenvalue weighted by Crippen LogP contribution is 2.24. The third-order valence-electron chi connectivity index (χ3n) is 5.45. The van der Waals surface area contributed by atoms with Crippen LogP contribution in [0.4, 0.5) is 5.69 Å². The first-order valence-electron chi connectivity index (χ1n) is 10.6. The van der Waals surface area contributed by atoms with Crippen molar-refractivity contribution in [1.82, 2.24) is 4.57 Å². The second-order valence-corrected chi connectivity index (χ2v) is 10.7. The van der Waals surface area contributed by atoms with E-state index in [9.17, 15) is 13.2 Å². The van der Waals surface area contributed by atoms with Crippen LogP contribution in [0.15, 0.2) is 76.6 Å². The minimum Gasteiger partial charge on any atom is -0.319 e. The quantitative estimate of drug-likeness (QED) is 0.412. The summed E-state index contributed by atoms with van der Waals surface area (Å²) in [5.74, 6) is -0.411. The van der Waals surface area contributed by atoms with Gasteiger partial charge in [-0.15, -0.1) is 0 Å².